The molecule has 0 saturated carbocycles. The monoisotopic (exact) mass is 300 g/mol. The van der Waals surface area contributed by atoms with Crippen LogP contribution in [0.15, 0.2) is 36.4 Å². The number of nitriles is 1. The van der Waals surface area contributed by atoms with Gasteiger partial charge in [0.05, 0.1) is 4.92 Å². The van der Waals surface area contributed by atoms with Crippen LogP contribution in [0.2, 0.25) is 0 Å². The van der Waals surface area contributed by atoms with Gasteiger partial charge in [0.1, 0.15) is 17.3 Å². The highest BCUT2D eigenvalue weighted by Gasteiger charge is 2.16. The number of carbonyl (C=O) groups is 1. The Balaban J connectivity index is 3.21. The zero-order chi connectivity index (χ0) is 16.7. The highest BCUT2D eigenvalue weighted by Crippen LogP contribution is 2.28. The van der Waals surface area contributed by atoms with Crippen molar-refractivity contribution in [2.24, 2.45) is 0 Å². The molecule has 114 valence electrons. The van der Waals surface area contributed by atoms with Crippen molar-refractivity contribution in [3.05, 3.63) is 52.1 Å². The van der Waals surface area contributed by atoms with Crippen LogP contribution in [-0.2, 0) is 4.79 Å². The molecule has 1 rings (SSSR count). The highest BCUT2D eigenvalue weighted by molar-refractivity contribution is 6.01. The summed E-state index contributed by atoms with van der Waals surface area (Å²) in [5.41, 5.74) is 0.621. The fourth-order valence-corrected chi connectivity index (χ4v) is 1.73. The Morgan fingerprint density at radius 3 is 2.73 bits per heavy atom. The van der Waals surface area contributed by atoms with Gasteiger partial charge in [0.15, 0.2) is 0 Å². The Hall–Kier alpha value is -3.14. The normalized spacial score (nSPS) is 10.5. The lowest BCUT2D eigenvalue weighted by Gasteiger charge is -2.12. The Morgan fingerprint density at radius 2 is 2.23 bits per heavy atom. The van der Waals surface area contributed by atoms with Crippen LogP contribution in [0, 0.1) is 21.4 Å². The number of hydrogen-bond acceptors (Lipinski definition) is 5. The summed E-state index contributed by atoms with van der Waals surface area (Å²) in [5.74, 6) is -0.554. The highest BCUT2D eigenvalue weighted by atomic mass is 16.6. The molecule has 0 aliphatic carbocycles. The summed E-state index contributed by atoms with van der Waals surface area (Å²) in [5, 5.41) is 22.6. The molecule has 1 N–H and O–H groups in total. The molecule has 7 nitrogen and oxygen atoms in total. The minimum atomic E-state index is -0.554. The quantitative estimate of drug-likeness (QED) is 0.284. The molecule has 0 unspecified atom stereocenters. The topological polar surface area (TPSA) is 99.3 Å². The van der Waals surface area contributed by atoms with Gasteiger partial charge in [-0.25, -0.2) is 0 Å². The van der Waals surface area contributed by atoms with E-state index in [1.54, 1.807) is 37.2 Å². The number of nitrogens with one attached hydrogen (secondary N) is 1. The van der Waals surface area contributed by atoms with Crippen LogP contribution in [0.3, 0.4) is 0 Å². The second-order valence-corrected chi connectivity index (χ2v) is 4.57. The molecule has 1 aromatic carbocycles. The third-order valence-electron chi connectivity index (χ3n) is 2.76. The predicted octanol–water partition coefficient (Wildman–Crippen LogP) is 1.87. The average molecular weight is 300 g/mol. The van der Waals surface area contributed by atoms with E-state index in [0.29, 0.717) is 11.3 Å². The van der Waals surface area contributed by atoms with E-state index in [1.165, 1.54) is 18.2 Å². The van der Waals surface area contributed by atoms with Crippen LogP contribution in [0.25, 0.3) is 6.08 Å². The second kappa shape index (κ2) is 7.59. The molecule has 0 bridgehead atoms. The number of amides is 1. The first kappa shape index (κ1) is 16.9. The van der Waals surface area contributed by atoms with Gasteiger partial charge in [0.2, 0.25) is 0 Å². The SMILES string of the molecule is C=CCNC(=O)/C(C#N)=C/c1ccc(N(C)C)c([N+](=O)[O-])c1. The molecule has 0 aliphatic rings. The van der Waals surface area contributed by atoms with Gasteiger partial charge in [-0.15, -0.1) is 6.58 Å². The maximum Gasteiger partial charge on any atom is 0.293 e. The molecule has 0 atom stereocenters. The number of rotatable bonds is 6. The van der Waals surface area contributed by atoms with E-state index in [2.05, 4.69) is 11.9 Å². The maximum absolute atomic E-state index is 11.7. The number of nitro benzene ring substituents is 1. The number of nitrogens with zero attached hydrogens (tertiary/aromatic N) is 3. The molecule has 0 fully saturated rings. The minimum absolute atomic E-state index is 0.0949. The molecule has 0 heterocycles. The summed E-state index contributed by atoms with van der Waals surface area (Å²) in [6.45, 7) is 3.70. The van der Waals surface area contributed by atoms with Crippen LogP contribution < -0.4 is 10.2 Å². The molecular weight excluding hydrogens is 284 g/mol. The van der Waals surface area contributed by atoms with Gasteiger partial charge in [-0.3, -0.25) is 14.9 Å². The Labute approximate surface area is 128 Å². The zero-order valence-electron chi connectivity index (χ0n) is 12.4. The van der Waals surface area contributed by atoms with Gasteiger partial charge in [-0.1, -0.05) is 12.1 Å². The lowest BCUT2D eigenvalue weighted by molar-refractivity contribution is -0.384. The van der Waals surface area contributed by atoms with Crippen LogP contribution in [-0.4, -0.2) is 31.5 Å². The zero-order valence-corrected chi connectivity index (χ0v) is 12.4. The molecule has 0 radical (unpaired) electrons. The van der Waals surface area contributed by atoms with Crippen molar-refractivity contribution in [1.29, 1.82) is 5.26 Å². The molecule has 0 aromatic heterocycles. The van der Waals surface area contributed by atoms with Crippen molar-refractivity contribution in [2.75, 3.05) is 25.5 Å². The Bertz CT molecular complexity index is 672. The largest absolute Gasteiger partial charge is 0.372 e. The van der Waals surface area contributed by atoms with Gasteiger partial charge in [0.25, 0.3) is 11.6 Å². The van der Waals surface area contributed by atoms with E-state index < -0.39 is 10.8 Å². The van der Waals surface area contributed by atoms with Crippen LogP contribution in [0.1, 0.15) is 5.56 Å². The number of nitro groups is 1. The Kier molecular flexibility index (Phi) is 5.84. The van der Waals surface area contributed by atoms with Crippen molar-refractivity contribution in [3.63, 3.8) is 0 Å². The predicted molar refractivity (Wildman–Crippen MR) is 84.2 cm³/mol. The van der Waals surface area contributed by atoms with Crippen molar-refractivity contribution < 1.29 is 9.72 Å². The van der Waals surface area contributed by atoms with E-state index in [1.807, 2.05) is 0 Å². The summed E-state index contributed by atoms with van der Waals surface area (Å²) in [6.07, 6.45) is 2.80. The van der Waals surface area contributed by atoms with Crippen molar-refractivity contribution in [3.8, 4) is 6.07 Å². The molecule has 1 amide bonds. The van der Waals surface area contributed by atoms with Crippen LogP contribution >= 0.6 is 0 Å². The van der Waals surface area contributed by atoms with Crippen molar-refractivity contribution >= 4 is 23.4 Å². The molecule has 22 heavy (non-hydrogen) atoms. The van der Waals surface area contributed by atoms with E-state index >= 15 is 0 Å². The average Bonchev–Trinajstić information content (AvgIpc) is 2.49. The molecular formula is C15H16N4O3. The van der Waals surface area contributed by atoms with Crippen molar-refractivity contribution in [1.82, 2.24) is 5.32 Å². The maximum atomic E-state index is 11.7. The molecule has 0 saturated heterocycles. The van der Waals surface area contributed by atoms with E-state index in [4.69, 9.17) is 5.26 Å². The standard InChI is InChI=1S/C15H16N4O3/c1-4-7-17-15(20)12(10-16)8-11-5-6-13(18(2)3)14(9-11)19(21)22/h4-6,8-9H,1,7H2,2-3H3,(H,17,20)/b12-8+. The third-order valence-corrected chi connectivity index (χ3v) is 2.76. The Morgan fingerprint density at radius 1 is 1.55 bits per heavy atom. The molecule has 0 spiro atoms. The van der Waals surface area contributed by atoms with Crippen LogP contribution in [0.5, 0.6) is 0 Å². The summed E-state index contributed by atoms with van der Waals surface area (Å²) >= 11 is 0. The smallest absolute Gasteiger partial charge is 0.293 e. The van der Waals surface area contributed by atoms with Crippen molar-refractivity contribution in [2.45, 2.75) is 0 Å². The summed E-state index contributed by atoms with van der Waals surface area (Å²) < 4.78 is 0. The molecule has 0 aliphatic heterocycles. The first-order valence-corrected chi connectivity index (χ1v) is 6.37. The van der Waals surface area contributed by atoms with Gasteiger partial charge < -0.3 is 10.2 Å². The summed E-state index contributed by atoms with van der Waals surface area (Å²) in [6, 6.07) is 6.29. The number of hydrogen-bond donors (Lipinski definition) is 1. The van der Waals surface area contributed by atoms with E-state index in [0.717, 1.165) is 0 Å². The second-order valence-electron chi connectivity index (χ2n) is 4.57. The minimum Gasteiger partial charge on any atom is -0.372 e. The molecule has 1 aromatic rings. The number of benzene rings is 1. The van der Waals surface area contributed by atoms with Gasteiger partial charge in [0, 0.05) is 26.7 Å². The third kappa shape index (κ3) is 4.18. The lowest BCUT2D eigenvalue weighted by atomic mass is 10.1. The van der Waals surface area contributed by atoms with E-state index in [-0.39, 0.29) is 17.8 Å². The number of carbonyl (C=O) groups excluding carboxylic acids is 1. The summed E-state index contributed by atoms with van der Waals surface area (Å²) in [4.78, 5) is 24.0. The number of anilines is 1. The first-order valence-electron chi connectivity index (χ1n) is 6.37. The fraction of sp³-hybridized carbons (Fsp3) is 0.200. The fourth-order valence-electron chi connectivity index (χ4n) is 1.73. The lowest BCUT2D eigenvalue weighted by Crippen LogP contribution is -2.24. The molecule has 7 heteroatoms. The first-order chi connectivity index (χ1) is 10.4. The van der Waals surface area contributed by atoms with Crippen LogP contribution in [0.4, 0.5) is 11.4 Å². The van der Waals surface area contributed by atoms with Gasteiger partial charge in [-0.2, -0.15) is 5.26 Å². The summed E-state index contributed by atoms with van der Waals surface area (Å²) in [7, 11) is 3.39. The van der Waals surface area contributed by atoms with Gasteiger partial charge >= 0.3 is 0 Å². The van der Waals surface area contributed by atoms with E-state index in [9.17, 15) is 14.9 Å². The van der Waals surface area contributed by atoms with Gasteiger partial charge in [-0.05, 0) is 17.7 Å².